The zero-order valence-electron chi connectivity index (χ0n) is 13.7. The predicted molar refractivity (Wildman–Crippen MR) is 91.9 cm³/mol. The molecular weight excluding hydrogens is 320 g/mol. The molecule has 1 aliphatic heterocycles. The van der Waals surface area contributed by atoms with Gasteiger partial charge in [-0.1, -0.05) is 42.5 Å². The van der Waals surface area contributed by atoms with Crippen LogP contribution in [0.4, 0.5) is 0 Å². The molecule has 6 nitrogen and oxygen atoms in total. The Bertz CT molecular complexity index is 728. The monoisotopic (exact) mass is 340 g/mol. The Kier molecular flexibility index (Phi) is 5.23. The van der Waals surface area contributed by atoms with Crippen molar-refractivity contribution in [1.82, 2.24) is 4.90 Å². The van der Waals surface area contributed by atoms with Crippen molar-refractivity contribution in [2.75, 3.05) is 13.2 Å². The van der Waals surface area contributed by atoms with Gasteiger partial charge in [-0.15, -0.1) is 0 Å². The molecule has 0 fully saturated rings. The first-order valence-electron chi connectivity index (χ1n) is 8.08. The number of rotatable bonds is 7. The first kappa shape index (κ1) is 17.3. The van der Waals surface area contributed by atoms with Crippen LogP contribution in [0.25, 0.3) is 0 Å². The average molecular weight is 340 g/mol. The minimum atomic E-state index is -1.06. The smallest absolute Gasteiger partial charge is 0.261 e. The maximum Gasteiger partial charge on any atom is 0.261 e. The van der Waals surface area contributed by atoms with Gasteiger partial charge in [0, 0.05) is 0 Å². The molecule has 0 saturated carbocycles. The lowest BCUT2D eigenvalue weighted by atomic mass is 10.1. The van der Waals surface area contributed by atoms with E-state index in [1.165, 1.54) is 0 Å². The fraction of sp³-hybridized carbons (Fsp3) is 0.263. The number of β-amino-alcohol motifs (C(OH)–C–C–N with tert-alkyl or cyclic N) is 1. The number of carbonyl (C=O) groups excluding carboxylic acids is 2. The molecule has 3 N–H and O–H groups in total. The predicted octanol–water partition coefficient (Wildman–Crippen LogP) is 1.19. The highest BCUT2D eigenvalue weighted by Gasteiger charge is 2.36. The van der Waals surface area contributed by atoms with Crippen LogP contribution in [-0.2, 0) is 11.3 Å². The van der Waals surface area contributed by atoms with E-state index in [0.29, 0.717) is 17.7 Å². The fourth-order valence-electron chi connectivity index (χ4n) is 2.73. The third-order valence-electron chi connectivity index (χ3n) is 4.16. The minimum Gasteiger partial charge on any atom is -0.390 e. The van der Waals surface area contributed by atoms with E-state index in [0.717, 1.165) is 10.5 Å². The second-order valence-electron chi connectivity index (χ2n) is 6.00. The first-order chi connectivity index (χ1) is 12.1. The van der Waals surface area contributed by atoms with Crippen molar-refractivity contribution < 1.29 is 19.4 Å². The van der Waals surface area contributed by atoms with Gasteiger partial charge in [-0.25, -0.2) is 0 Å². The number of hydrogen-bond donors (Lipinski definition) is 2. The molecule has 130 valence electrons. The molecular formula is C19H20N2O4. The van der Waals surface area contributed by atoms with Gasteiger partial charge in [0.15, 0.2) is 0 Å². The Morgan fingerprint density at radius 2 is 1.52 bits per heavy atom. The lowest BCUT2D eigenvalue weighted by molar-refractivity contribution is 0.0320. The molecule has 2 aromatic carbocycles. The third-order valence-corrected chi connectivity index (χ3v) is 4.16. The van der Waals surface area contributed by atoms with Gasteiger partial charge in [-0.2, -0.15) is 0 Å². The summed E-state index contributed by atoms with van der Waals surface area (Å²) in [6, 6.07) is 15.5. The Hall–Kier alpha value is -2.54. The van der Waals surface area contributed by atoms with Crippen molar-refractivity contribution in [3.63, 3.8) is 0 Å². The number of carbonyl (C=O) groups is 2. The van der Waals surface area contributed by atoms with Gasteiger partial charge in [0.1, 0.15) is 0 Å². The number of nitrogens with zero attached hydrogens (tertiary/aromatic N) is 1. The summed E-state index contributed by atoms with van der Waals surface area (Å²) in [5.74, 6) is -0.811. The quantitative estimate of drug-likeness (QED) is 0.739. The van der Waals surface area contributed by atoms with Crippen molar-refractivity contribution in [1.29, 1.82) is 0 Å². The topological polar surface area (TPSA) is 92.9 Å². The van der Waals surface area contributed by atoms with Gasteiger partial charge < -0.3 is 15.6 Å². The molecule has 0 aliphatic carbocycles. The summed E-state index contributed by atoms with van der Waals surface area (Å²) in [5.41, 5.74) is 7.65. The van der Waals surface area contributed by atoms with Crippen LogP contribution in [0, 0.1) is 0 Å². The molecule has 3 rings (SSSR count). The van der Waals surface area contributed by atoms with Gasteiger partial charge in [-0.05, 0) is 17.7 Å². The average Bonchev–Trinajstić information content (AvgIpc) is 2.88. The van der Waals surface area contributed by atoms with Crippen LogP contribution in [0.1, 0.15) is 26.3 Å². The number of ether oxygens (including phenoxy) is 1. The lowest BCUT2D eigenvalue weighted by Crippen LogP contribution is -2.47. The van der Waals surface area contributed by atoms with E-state index in [9.17, 15) is 14.7 Å². The van der Waals surface area contributed by atoms with Crippen molar-refractivity contribution in [2.45, 2.75) is 18.8 Å². The maximum atomic E-state index is 12.3. The Balaban J connectivity index is 1.53. The van der Waals surface area contributed by atoms with Crippen LogP contribution in [0.15, 0.2) is 54.6 Å². The van der Waals surface area contributed by atoms with Crippen LogP contribution in [-0.4, -0.2) is 47.1 Å². The molecule has 2 aromatic rings. The van der Waals surface area contributed by atoms with Crippen LogP contribution in [0.2, 0.25) is 0 Å². The molecule has 0 bridgehead atoms. The summed E-state index contributed by atoms with van der Waals surface area (Å²) in [6.07, 6.45) is -1.06. The van der Waals surface area contributed by atoms with E-state index >= 15 is 0 Å². The van der Waals surface area contributed by atoms with Crippen molar-refractivity contribution in [2.24, 2.45) is 5.73 Å². The van der Waals surface area contributed by atoms with E-state index in [1.54, 1.807) is 24.3 Å². The highest BCUT2D eigenvalue weighted by molar-refractivity contribution is 6.21. The van der Waals surface area contributed by atoms with Gasteiger partial charge in [0.2, 0.25) is 0 Å². The van der Waals surface area contributed by atoms with Gasteiger partial charge >= 0.3 is 0 Å². The second kappa shape index (κ2) is 7.57. The van der Waals surface area contributed by atoms with Gasteiger partial charge in [0.05, 0.1) is 43.0 Å². The number of imide groups is 1. The molecule has 6 heteroatoms. The number of fused-ring (bicyclic) bond motifs is 1. The number of amides is 2. The number of benzene rings is 2. The van der Waals surface area contributed by atoms with Gasteiger partial charge in [0.25, 0.3) is 11.8 Å². The Labute approximate surface area is 145 Å². The molecule has 2 atom stereocenters. The summed E-state index contributed by atoms with van der Waals surface area (Å²) < 4.78 is 5.51. The molecule has 1 aliphatic rings. The SMILES string of the molecule is N[C@@H](COCc1ccccc1)[C@@H](O)CN1C(=O)c2ccccc2C1=O. The summed E-state index contributed by atoms with van der Waals surface area (Å²) in [5, 5.41) is 10.2. The Morgan fingerprint density at radius 1 is 0.960 bits per heavy atom. The van der Waals surface area contributed by atoms with Crippen LogP contribution < -0.4 is 5.73 Å². The van der Waals surface area contributed by atoms with Crippen LogP contribution in [0.5, 0.6) is 0 Å². The number of hydrogen-bond acceptors (Lipinski definition) is 5. The van der Waals surface area contributed by atoms with Crippen LogP contribution in [0.3, 0.4) is 0 Å². The summed E-state index contributed by atoms with van der Waals surface area (Å²) >= 11 is 0. The number of aliphatic hydroxyl groups excluding tert-OH is 1. The third kappa shape index (κ3) is 3.76. The van der Waals surface area contributed by atoms with E-state index in [-0.39, 0.29) is 13.2 Å². The number of aliphatic hydroxyl groups is 1. The zero-order chi connectivity index (χ0) is 17.8. The maximum absolute atomic E-state index is 12.3. The Morgan fingerprint density at radius 3 is 2.12 bits per heavy atom. The molecule has 2 amide bonds. The molecule has 0 radical (unpaired) electrons. The van der Waals surface area contributed by atoms with Crippen molar-refractivity contribution in [3.8, 4) is 0 Å². The van der Waals surface area contributed by atoms with E-state index < -0.39 is 24.0 Å². The normalized spacial score (nSPS) is 16.0. The number of nitrogens with two attached hydrogens (primary N) is 1. The highest BCUT2D eigenvalue weighted by atomic mass is 16.5. The standard InChI is InChI=1S/C19H20N2O4/c20-16(12-25-11-13-6-2-1-3-7-13)17(22)10-21-18(23)14-8-4-5-9-15(14)19(21)24/h1-9,16-17,22H,10-12,20H2/t16-,17-/m0/s1. The molecule has 1 heterocycles. The molecule has 0 saturated heterocycles. The molecule has 25 heavy (non-hydrogen) atoms. The van der Waals surface area contributed by atoms with Crippen molar-refractivity contribution in [3.05, 3.63) is 71.3 Å². The molecule has 0 spiro atoms. The van der Waals surface area contributed by atoms with Crippen molar-refractivity contribution >= 4 is 11.8 Å². The summed E-state index contributed by atoms with van der Waals surface area (Å²) in [4.78, 5) is 25.6. The van der Waals surface area contributed by atoms with E-state index in [4.69, 9.17) is 10.5 Å². The highest BCUT2D eigenvalue weighted by Crippen LogP contribution is 2.22. The van der Waals surface area contributed by atoms with Crippen LogP contribution >= 0.6 is 0 Å². The fourth-order valence-corrected chi connectivity index (χ4v) is 2.73. The molecule has 0 aromatic heterocycles. The summed E-state index contributed by atoms with van der Waals surface area (Å²) in [7, 11) is 0. The second-order valence-corrected chi connectivity index (χ2v) is 6.00. The van der Waals surface area contributed by atoms with E-state index in [1.807, 2.05) is 30.3 Å². The summed E-state index contributed by atoms with van der Waals surface area (Å²) in [6.45, 7) is 0.357. The largest absolute Gasteiger partial charge is 0.390 e. The first-order valence-corrected chi connectivity index (χ1v) is 8.08. The molecule has 0 unspecified atom stereocenters. The minimum absolute atomic E-state index is 0.124. The lowest BCUT2D eigenvalue weighted by Gasteiger charge is -2.23. The zero-order valence-corrected chi connectivity index (χ0v) is 13.7. The van der Waals surface area contributed by atoms with Gasteiger partial charge in [-0.3, -0.25) is 14.5 Å². The van der Waals surface area contributed by atoms with E-state index in [2.05, 4.69) is 0 Å².